The number of hydrogen-bond donors (Lipinski definition) is 1. The molecule has 4 rings (SSSR count). The Kier molecular flexibility index (Phi) is 2.38. The summed E-state index contributed by atoms with van der Waals surface area (Å²) >= 11 is 0. The molecule has 0 aliphatic carbocycles. The van der Waals surface area contributed by atoms with Crippen LogP contribution in [0.15, 0.2) is 53.6 Å². The van der Waals surface area contributed by atoms with Crippen molar-refractivity contribution in [2.75, 3.05) is 4.72 Å². The molecule has 0 radical (unpaired) electrons. The second-order valence-electron chi connectivity index (χ2n) is 5.12. The Morgan fingerprint density at radius 1 is 1.05 bits per heavy atom. The van der Waals surface area contributed by atoms with E-state index in [2.05, 4.69) is 9.71 Å². The number of benzene rings is 2. The molecule has 5 heteroatoms. The van der Waals surface area contributed by atoms with Crippen molar-refractivity contribution in [3.8, 4) is 11.1 Å². The Hall–Kier alpha value is -2.40. The van der Waals surface area contributed by atoms with Crippen molar-refractivity contribution in [2.45, 2.75) is 11.8 Å². The molecule has 4 nitrogen and oxygen atoms in total. The zero-order valence-corrected chi connectivity index (χ0v) is 12.1. The van der Waals surface area contributed by atoms with Crippen molar-refractivity contribution < 1.29 is 8.42 Å². The highest BCUT2D eigenvalue weighted by Crippen LogP contribution is 2.43. The second-order valence-corrected chi connectivity index (χ2v) is 6.77. The third kappa shape index (κ3) is 1.67. The maximum absolute atomic E-state index is 12.4. The van der Waals surface area contributed by atoms with E-state index in [4.69, 9.17) is 0 Å². The van der Waals surface area contributed by atoms with E-state index in [0.29, 0.717) is 16.1 Å². The third-order valence-corrected chi connectivity index (χ3v) is 5.21. The highest BCUT2D eigenvalue weighted by atomic mass is 32.2. The molecule has 0 fully saturated rings. The van der Waals surface area contributed by atoms with Gasteiger partial charge in [-0.3, -0.25) is 9.71 Å². The van der Waals surface area contributed by atoms with Gasteiger partial charge < -0.3 is 0 Å². The van der Waals surface area contributed by atoms with Crippen molar-refractivity contribution in [3.63, 3.8) is 0 Å². The average molecular weight is 296 g/mol. The van der Waals surface area contributed by atoms with Gasteiger partial charge >= 0.3 is 0 Å². The fraction of sp³-hybridized carbons (Fsp3) is 0.0625. The van der Waals surface area contributed by atoms with Crippen molar-refractivity contribution in [1.29, 1.82) is 0 Å². The zero-order chi connectivity index (χ0) is 14.6. The van der Waals surface area contributed by atoms with E-state index in [1.807, 2.05) is 37.3 Å². The van der Waals surface area contributed by atoms with Crippen LogP contribution < -0.4 is 4.72 Å². The van der Waals surface area contributed by atoms with Gasteiger partial charge in [-0.05, 0) is 30.7 Å². The molecule has 1 aliphatic heterocycles. The Bertz CT molecular complexity index is 994. The van der Waals surface area contributed by atoms with E-state index in [-0.39, 0.29) is 0 Å². The van der Waals surface area contributed by atoms with Crippen LogP contribution in [0.4, 0.5) is 5.69 Å². The van der Waals surface area contributed by atoms with Crippen molar-refractivity contribution >= 4 is 26.6 Å². The summed E-state index contributed by atoms with van der Waals surface area (Å²) in [6.07, 6.45) is 1.68. The van der Waals surface area contributed by atoms with Gasteiger partial charge in [0.1, 0.15) is 0 Å². The van der Waals surface area contributed by atoms with Gasteiger partial charge in [0.25, 0.3) is 10.0 Å². The molecule has 0 unspecified atom stereocenters. The number of aromatic nitrogens is 1. The van der Waals surface area contributed by atoms with Crippen molar-refractivity contribution in [3.05, 3.63) is 54.2 Å². The number of hydrogen-bond acceptors (Lipinski definition) is 3. The van der Waals surface area contributed by atoms with E-state index >= 15 is 0 Å². The minimum absolute atomic E-state index is 0.312. The van der Waals surface area contributed by atoms with E-state index in [1.165, 1.54) is 0 Å². The summed E-state index contributed by atoms with van der Waals surface area (Å²) in [7, 11) is -3.55. The van der Waals surface area contributed by atoms with Gasteiger partial charge in [-0.1, -0.05) is 24.3 Å². The first-order valence-electron chi connectivity index (χ1n) is 6.58. The number of nitrogens with one attached hydrogen (secondary N) is 1. The predicted octanol–water partition coefficient (Wildman–Crippen LogP) is 3.32. The number of nitrogens with zero attached hydrogens (tertiary/aromatic N) is 1. The smallest absolute Gasteiger partial charge is 0.262 e. The zero-order valence-electron chi connectivity index (χ0n) is 11.3. The summed E-state index contributed by atoms with van der Waals surface area (Å²) in [5.41, 5.74) is 3.93. The molecule has 0 spiro atoms. The quantitative estimate of drug-likeness (QED) is 0.692. The lowest BCUT2D eigenvalue weighted by Gasteiger charge is -2.23. The Morgan fingerprint density at radius 3 is 2.71 bits per heavy atom. The highest BCUT2D eigenvalue weighted by molar-refractivity contribution is 7.93. The van der Waals surface area contributed by atoms with Crippen molar-refractivity contribution in [2.24, 2.45) is 0 Å². The van der Waals surface area contributed by atoms with Gasteiger partial charge in [0.15, 0.2) is 0 Å². The normalized spacial score (nSPS) is 15.1. The third-order valence-electron chi connectivity index (χ3n) is 3.80. The minimum Gasteiger partial charge on any atom is -0.277 e. The van der Waals surface area contributed by atoms with Gasteiger partial charge in [-0.2, -0.15) is 0 Å². The second kappa shape index (κ2) is 4.05. The lowest BCUT2D eigenvalue weighted by molar-refractivity contribution is 0.601. The molecule has 3 aromatic rings. The summed E-state index contributed by atoms with van der Waals surface area (Å²) in [5.74, 6) is 0. The summed E-state index contributed by atoms with van der Waals surface area (Å²) < 4.78 is 27.5. The molecule has 0 atom stereocenters. The van der Waals surface area contributed by atoms with Crippen LogP contribution in [0, 0.1) is 6.92 Å². The van der Waals surface area contributed by atoms with Gasteiger partial charge in [0.05, 0.1) is 16.1 Å². The molecule has 104 valence electrons. The fourth-order valence-electron chi connectivity index (χ4n) is 2.85. The van der Waals surface area contributed by atoms with E-state index in [9.17, 15) is 8.42 Å². The highest BCUT2D eigenvalue weighted by Gasteiger charge is 2.29. The Morgan fingerprint density at radius 2 is 1.86 bits per heavy atom. The molecule has 21 heavy (non-hydrogen) atoms. The molecule has 1 N–H and O–H groups in total. The predicted molar refractivity (Wildman–Crippen MR) is 82.7 cm³/mol. The average Bonchev–Trinajstić information content (AvgIpc) is 2.49. The number of fused-ring (bicyclic) bond motifs is 5. The minimum atomic E-state index is -3.55. The van der Waals surface area contributed by atoms with Gasteiger partial charge in [-0.25, -0.2) is 8.42 Å². The number of sulfonamides is 1. The number of anilines is 1. The molecule has 2 aromatic carbocycles. The molecular formula is C16H12N2O2S. The van der Waals surface area contributed by atoms with Gasteiger partial charge in [0, 0.05) is 22.7 Å². The molecule has 2 heterocycles. The van der Waals surface area contributed by atoms with Crippen LogP contribution in [0.3, 0.4) is 0 Å². The molecule has 1 aromatic heterocycles. The number of pyridine rings is 1. The lowest BCUT2D eigenvalue weighted by Crippen LogP contribution is -2.19. The van der Waals surface area contributed by atoms with Crippen LogP contribution in [0.5, 0.6) is 0 Å². The first-order valence-corrected chi connectivity index (χ1v) is 8.07. The maximum Gasteiger partial charge on any atom is 0.262 e. The Labute approximate surface area is 122 Å². The van der Waals surface area contributed by atoms with Crippen LogP contribution in [0.1, 0.15) is 5.56 Å². The lowest BCUT2D eigenvalue weighted by atomic mass is 9.97. The molecule has 1 aliphatic rings. The number of aryl methyl sites for hydroxylation is 1. The van der Waals surface area contributed by atoms with Crippen LogP contribution in [-0.2, 0) is 10.0 Å². The van der Waals surface area contributed by atoms with E-state index in [0.717, 1.165) is 22.1 Å². The fourth-order valence-corrected chi connectivity index (χ4v) is 4.16. The topological polar surface area (TPSA) is 59.1 Å². The summed E-state index contributed by atoms with van der Waals surface area (Å²) in [6.45, 7) is 2.01. The standard InChI is InChI=1S/C16H12N2O2S/c1-10-9-13-12-5-2-3-7-14(12)21(19,20)18-16(13)15-11(10)6-4-8-17-15/h2-9,18H,1H3. The van der Waals surface area contributed by atoms with E-state index in [1.54, 1.807) is 18.3 Å². The van der Waals surface area contributed by atoms with Crippen LogP contribution >= 0.6 is 0 Å². The molecule has 0 saturated carbocycles. The molecule has 0 amide bonds. The summed E-state index contributed by atoms with van der Waals surface area (Å²) in [4.78, 5) is 4.68. The van der Waals surface area contributed by atoms with Crippen LogP contribution in [-0.4, -0.2) is 13.4 Å². The summed E-state index contributed by atoms with van der Waals surface area (Å²) in [6, 6.07) is 12.9. The molecule has 0 bridgehead atoms. The van der Waals surface area contributed by atoms with Gasteiger partial charge in [-0.15, -0.1) is 0 Å². The largest absolute Gasteiger partial charge is 0.277 e. The Balaban J connectivity index is 2.21. The monoisotopic (exact) mass is 296 g/mol. The maximum atomic E-state index is 12.4. The SMILES string of the molecule is Cc1cc2c(c3ncccc13)NS(=O)(=O)c1ccccc1-2. The molecule has 0 saturated heterocycles. The van der Waals surface area contributed by atoms with Crippen molar-refractivity contribution in [1.82, 2.24) is 4.98 Å². The first kappa shape index (κ1) is 12.3. The van der Waals surface area contributed by atoms with E-state index < -0.39 is 10.0 Å². The first-order chi connectivity index (χ1) is 10.1. The summed E-state index contributed by atoms with van der Waals surface area (Å²) in [5, 5.41) is 0.957. The number of rotatable bonds is 0. The van der Waals surface area contributed by atoms with Crippen LogP contribution in [0.2, 0.25) is 0 Å². The van der Waals surface area contributed by atoms with Crippen LogP contribution in [0.25, 0.3) is 22.0 Å². The van der Waals surface area contributed by atoms with Gasteiger partial charge in [0.2, 0.25) is 0 Å². The molecular weight excluding hydrogens is 284 g/mol.